The van der Waals surface area contributed by atoms with Gasteiger partial charge >= 0.3 is 0 Å². The molecule has 0 aliphatic heterocycles. The summed E-state index contributed by atoms with van der Waals surface area (Å²) in [4.78, 5) is 4.32. The van der Waals surface area contributed by atoms with E-state index in [0.717, 1.165) is 5.56 Å². The van der Waals surface area contributed by atoms with Crippen molar-refractivity contribution < 1.29 is 13.7 Å². The number of hydrogen-bond donors (Lipinski definition) is 1. The summed E-state index contributed by atoms with van der Waals surface area (Å²) in [5.74, 6) is 0.385. The van der Waals surface area contributed by atoms with Crippen molar-refractivity contribution in [1.82, 2.24) is 10.1 Å². The lowest BCUT2D eigenvalue weighted by Crippen LogP contribution is -2.40. The third-order valence-electron chi connectivity index (χ3n) is 3.07. The van der Waals surface area contributed by atoms with Gasteiger partial charge in [0, 0.05) is 5.56 Å². The Hall–Kier alpha value is -1.79. The van der Waals surface area contributed by atoms with Crippen LogP contribution in [0.15, 0.2) is 22.7 Å². The van der Waals surface area contributed by atoms with E-state index >= 15 is 0 Å². The number of aryl methyl sites for hydroxylation is 1. The van der Waals surface area contributed by atoms with Gasteiger partial charge in [0.2, 0.25) is 0 Å². The standard InChI is InChI=1S/C15H20FN3O2/c1-9(2)20-8-15(4,17)14-18-13(21-19-14)12-6-5-11(16)7-10(12)3/h5-7,9H,8,17H2,1-4H3. The molecule has 1 aromatic heterocycles. The largest absolute Gasteiger partial charge is 0.376 e. The molecule has 0 saturated heterocycles. The first kappa shape index (κ1) is 15.6. The Morgan fingerprint density at radius 3 is 2.76 bits per heavy atom. The molecule has 6 heteroatoms. The molecule has 0 bridgehead atoms. The van der Waals surface area contributed by atoms with E-state index in [2.05, 4.69) is 10.1 Å². The molecule has 2 rings (SSSR count). The van der Waals surface area contributed by atoms with Gasteiger partial charge in [0.15, 0.2) is 5.82 Å². The van der Waals surface area contributed by atoms with Crippen molar-refractivity contribution in [1.29, 1.82) is 0 Å². The minimum Gasteiger partial charge on any atom is -0.376 e. The average molecular weight is 293 g/mol. The van der Waals surface area contributed by atoms with E-state index in [9.17, 15) is 4.39 Å². The molecule has 2 aromatic rings. The molecule has 5 nitrogen and oxygen atoms in total. The summed E-state index contributed by atoms with van der Waals surface area (Å²) < 4.78 is 23.9. The highest BCUT2D eigenvalue weighted by atomic mass is 19.1. The second-order valence-corrected chi connectivity index (χ2v) is 5.66. The van der Waals surface area contributed by atoms with Crippen LogP contribution in [0.3, 0.4) is 0 Å². The van der Waals surface area contributed by atoms with Crippen LogP contribution in [0.1, 0.15) is 32.2 Å². The fraction of sp³-hybridized carbons (Fsp3) is 0.467. The van der Waals surface area contributed by atoms with E-state index in [0.29, 0.717) is 17.3 Å². The quantitative estimate of drug-likeness (QED) is 0.917. The average Bonchev–Trinajstić information content (AvgIpc) is 2.86. The van der Waals surface area contributed by atoms with Crippen LogP contribution in [-0.2, 0) is 10.3 Å². The second-order valence-electron chi connectivity index (χ2n) is 5.66. The molecule has 0 amide bonds. The molecule has 0 aliphatic rings. The molecule has 0 radical (unpaired) electrons. The van der Waals surface area contributed by atoms with Gasteiger partial charge < -0.3 is 15.0 Å². The molecular formula is C15H20FN3O2. The van der Waals surface area contributed by atoms with Crippen LogP contribution >= 0.6 is 0 Å². The molecule has 1 atom stereocenters. The topological polar surface area (TPSA) is 74.2 Å². The van der Waals surface area contributed by atoms with Gasteiger partial charge in [0.05, 0.1) is 12.7 Å². The van der Waals surface area contributed by atoms with Crippen LogP contribution in [-0.4, -0.2) is 22.9 Å². The van der Waals surface area contributed by atoms with E-state index < -0.39 is 5.54 Å². The molecule has 114 valence electrons. The number of benzene rings is 1. The lowest BCUT2D eigenvalue weighted by atomic mass is 10.0. The van der Waals surface area contributed by atoms with Gasteiger partial charge in [-0.1, -0.05) is 5.16 Å². The Bertz CT molecular complexity index is 623. The second kappa shape index (κ2) is 5.91. The van der Waals surface area contributed by atoms with Crippen molar-refractivity contribution in [3.63, 3.8) is 0 Å². The van der Waals surface area contributed by atoms with E-state index in [1.54, 1.807) is 19.9 Å². The summed E-state index contributed by atoms with van der Waals surface area (Å²) in [5.41, 5.74) is 6.74. The van der Waals surface area contributed by atoms with Gasteiger partial charge in [-0.05, 0) is 51.5 Å². The van der Waals surface area contributed by atoms with Crippen molar-refractivity contribution in [3.05, 3.63) is 35.4 Å². The fourth-order valence-corrected chi connectivity index (χ4v) is 1.84. The summed E-state index contributed by atoms with van der Waals surface area (Å²) in [6.45, 7) is 7.71. The van der Waals surface area contributed by atoms with Gasteiger partial charge in [-0.15, -0.1) is 0 Å². The van der Waals surface area contributed by atoms with Crippen LogP contribution in [0.4, 0.5) is 4.39 Å². The Morgan fingerprint density at radius 2 is 2.14 bits per heavy atom. The summed E-state index contributed by atoms with van der Waals surface area (Å²) >= 11 is 0. The Balaban J connectivity index is 2.25. The zero-order chi connectivity index (χ0) is 15.6. The summed E-state index contributed by atoms with van der Waals surface area (Å²) in [5, 5.41) is 3.92. The fourth-order valence-electron chi connectivity index (χ4n) is 1.84. The molecular weight excluding hydrogens is 273 g/mol. The third-order valence-corrected chi connectivity index (χ3v) is 3.07. The highest BCUT2D eigenvalue weighted by molar-refractivity contribution is 5.58. The number of ether oxygens (including phenoxy) is 1. The summed E-state index contributed by atoms with van der Waals surface area (Å²) in [6.07, 6.45) is 0.0681. The predicted octanol–water partition coefficient (Wildman–Crippen LogP) is 2.78. The first-order valence-electron chi connectivity index (χ1n) is 6.81. The van der Waals surface area contributed by atoms with Crippen molar-refractivity contribution in [3.8, 4) is 11.5 Å². The monoisotopic (exact) mass is 293 g/mol. The molecule has 1 aromatic carbocycles. The minimum absolute atomic E-state index is 0.0681. The molecule has 0 saturated carbocycles. The highest BCUT2D eigenvalue weighted by Gasteiger charge is 2.29. The lowest BCUT2D eigenvalue weighted by Gasteiger charge is -2.21. The van der Waals surface area contributed by atoms with Gasteiger partial charge in [0.1, 0.15) is 11.4 Å². The van der Waals surface area contributed by atoms with Gasteiger partial charge in [-0.3, -0.25) is 0 Å². The van der Waals surface area contributed by atoms with E-state index in [1.165, 1.54) is 12.1 Å². The lowest BCUT2D eigenvalue weighted by molar-refractivity contribution is 0.0410. The minimum atomic E-state index is -0.847. The van der Waals surface area contributed by atoms with Gasteiger partial charge in [-0.25, -0.2) is 4.39 Å². The van der Waals surface area contributed by atoms with Crippen LogP contribution < -0.4 is 5.73 Å². The zero-order valence-corrected chi connectivity index (χ0v) is 12.7. The predicted molar refractivity (Wildman–Crippen MR) is 77.1 cm³/mol. The smallest absolute Gasteiger partial charge is 0.258 e. The van der Waals surface area contributed by atoms with Crippen LogP contribution in [0, 0.1) is 12.7 Å². The van der Waals surface area contributed by atoms with E-state index in [-0.39, 0.29) is 18.5 Å². The number of halogens is 1. The number of nitrogens with two attached hydrogens (primary N) is 1. The number of hydrogen-bond acceptors (Lipinski definition) is 5. The van der Waals surface area contributed by atoms with Crippen LogP contribution in [0.25, 0.3) is 11.5 Å². The molecule has 0 fully saturated rings. The normalized spacial score (nSPS) is 14.4. The van der Waals surface area contributed by atoms with Crippen LogP contribution in [0.2, 0.25) is 0 Å². The van der Waals surface area contributed by atoms with Gasteiger partial charge in [-0.2, -0.15) is 4.98 Å². The third kappa shape index (κ3) is 3.65. The van der Waals surface area contributed by atoms with Crippen molar-refractivity contribution in [2.75, 3.05) is 6.61 Å². The van der Waals surface area contributed by atoms with E-state index in [4.69, 9.17) is 15.0 Å². The molecule has 0 aliphatic carbocycles. The molecule has 1 heterocycles. The number of nitrogens with zero attached hydrogens (tertiary/aromatic N) is 2. The summed E-state index contributed by atoms with van der Waals surface area (Å²) in [6, 6.07) is 4.39. The maximum absolute atomic E-state index is 13.1. The molecule has 2 N–H and O–H groups in total. The summed E-state index contributed by atoms with van der Waals surface area (Å²) in [7, 11) is 0. The molecule has 21 heavy (non-hydrogen) atoms. The van der Waals surface area contributed by atoms with E-state index in [1.807, 2.05) is 13.8 Å². The van der Waals surface area contributed by atoms with Crippen molar-refractivity contribution in [2.24, 2.45) is 5.73 Å². The SMILES string of the molecule is Cc1cc(F)ccc1-c1nc(C(C)(N)COC(C)C)no1. The maximum Gasteiger partial charge on any atom is 0.258 e. The zero-order valence-electron chi connectivity index (χ0n) is 12.7. The number of rotatable bonds is 5. The first-order chi connectivity index (χ1) is 9.79. The Labute approximate surface area is 123 Å². The van der Waals surface area contributed by atoms with Crippen molar-refractivity contribution in [2.45, 2.75) is 39.3 Å². The molecule has 1 unspecified atom stereocenters. The van der Waals surface area contributed by atoms with Crippen LogP contribution in [0.5, 0.6) is 0 Å². The van der Waals surface area contributed by atoms with Crippen molar-refractivity contribution >= 4 is 0 Å². The maximum atomic E-state index is 13.1. The first-order valence-corrected chi connectivity index (χ1v) is 6.81. The Morgan fingerprint density at radius 1 is 1.43 bits per heavy atom. The highest BCUT2D eigenvalue weighted by Crippen LogP contribution is 2.25. The Kier molecular flexibility index (Phi) is 4.39. The van der Waals surface area contributed by atoms with Gasteiger partial charge in [0.25, 0.3) is 5.89 Å². The number of aromatic nitrogens is 2. The molecule has 0 spiro atoms.